The van der Waals surface area contributed by atoms with Crippen molar-refractivity contribution >= 4 is 22.7 Å². The minimum Gasteiger partial charge on any atom is -0.478 e. The first-order valence-corrected chi connectivity index (χ1v) is 6.23. The molecule has 0 aromatic heterocycles. The Kier molecular flexibility index (Phi) is 3.49. The summed E-state index contributed by atoms with van der Waals surface area (Å²) in [4.78, 5) is 23.5. The molecule has 0 aliphatic heterocycles. The maximum absolute atomic E-state index is 11.9. The fourth-order valence-electron chi connectivity index (χ4n) is 2.48. The van der Waals surface area contributed by atoms with Gasteiger partial charge in [0.15, 0.2) is 0 Å². The lowest BCUT2D eigenvalue weighted by atomic mass is 9.89. The lowest BCUT2D eigenvalue weighted by Crippen LogP contribution is -2.14. The van der Waals surface area contributed by atoms with Crippen LogP contribution in [0.3, 0.4) is 0 Å². The predicted octanol–water partition coefficient (Wildman–Crippen LogP) is 3.25. The Morgan fingerprint density at radius 1 is 1.00 bits per heavy atom. The Balaban J connectivity index is 3.03. The number of benzene rings is 2. The number of hydrogen-bond donors (Lipinski definition) is 1. The van der Waals surface area contributed by atoms with Gasteiger partial charge in [0.05, 0.1) is 18.2 Å². The van der Waals surface area contributed by atoms with Crippen molar-refractivity contribution in [1.29, 1.82) is 0 Å². The minimum absolute atomic E-state index is 0.00921. The second-order valence-corrected chi connectivity index (χ2v) is 4.85. The second-order valence-electron chi connectivity index (χ2n) is 4.85. The van der Waals surface area contributed by atoms with Crippen molar-refractivity contribution in [3.05, 3.63) is 46.0 Å². The van der Waals surface area contributed by atoms with Crippen LogP contribution in [0.1, 0.15) is 37.4 Å². The van der Waals surface area contributed by atoms with Crippen LogP contribution in [-0.4, -0.2) is 24.2 Å². The van der Waals surface area contributed by atoms with E-state index in [-0.39, 0.29) is 11.1 Å². The van der Waals surface area contributed by atoms with Crippen molar-refractivity contribution < 1.29 is 19.4 Å². The van der Waals surface area contributed by atoms with E-state index in [1.54, 1.807) is 13.0 Å². The third-order valence-electron chi connectivity index (χ3n) is 3.64. The molecule has 4 heteroatoms. The maximum Gasteiger partial charge on any atom is 0.339 e. The summed E-state index contributed by atoms with van der Waals surface area (Å²) in [5.41, 5.74) is 2.73. The highest BCUT2D eigenvalue weighted by Crippen LogP contribution is 2.31. The molecule has 0 spiro atoms. The van der Waals surface area contributed by atoms with Gasteiger partial charge >= 0.3 is 11.9 Å². The number of aromatic carboxylic acids is 1. The number of carboxylic acid groups (broad SMARTS) is 1. The first kappa shape index (κ1) is 14.1. The number of carbonyl (C=O) groups excluding carboxylic acids is 1. The summed E-state index contributed by atoms with van der Waals surface area (Å²) < 4.78 is 4.73. The van der Waals surface area contributed by atoms with Gasteiger partial charge in [-0.2, -0.15) is 0 Å². The lowest BCUT2D eigenvalue weighted by molar-refractivity contribution is 0.0582. The highest BCUT2D eigenvalue weighted by Gasteiger charge is 2.24. The molecule has 104 valence electrons. The van der Waals surface area contributed by atoms with Gasteiger partial charge < -0.3 is 9.84 Å². The van der Waals surface area contributed by atoms with E-state index in [1.807, 2.05) is 26.0 Å². The van der Waals surface area contributed by atoms with Crippen molar-refractivity contribution in [2.24, 2.45) is 0 Å². The molecule has 0 fully saturated rings. The van der Waals surface area contributed by atoms with Crippen LogP contribution in [0.15, 0.2) is 18.2 Å². The van der Waals surface area contributed by atoms with Gasteiger partial charge in [0.25, 0.3) is 0 Å². The quantitative estimate of drug-likeness (QED) is 0.852. The van der Waals surface area contributed by atoms with Crippen LogP contribution in [0, 0.1) is 20.8 Å². The van der Waals surface area contributed by atoms with Crippen LogP contribution in [0.2, 0.25) is 0 Å². The average molecular weight is 272 g/mol. The Labute approximate surface area is 117 Å². The zero-order chi connectivity index (χ0) is 15.0. The normalized spacial score (nSPS) is 10.6. The first-order chi connectivity index (χ1) is 9.38. The predicted molar refractivity (Wildman–Crippen MR) is 76.5 cm³/mol. The molecule has 2 aromatic rings. The van der Waals surface area contributed by atoms with Gasteiger partial charge in [0, 0.05) is 0 Å². The van der Waals surface area contributed by atoms with E-state index in [0.717, 1.165) is 16.5 Å². The molecule has 0 amide bonds. The van der Waals surface area contributed by atoms with E-state index in [1.165, 1.54) is 7.11 Å². The third kappa shape index (κ3) is 2.03. The van der Waals surface area contributed by atoms with Gasteiger partial charge in [-0.15, -0.1) is 0 Å². The Hall–Kier alpha value is -2.36. The molecule has 0 aliphatic rings. The number of fused-ring (bicyclic) bond motifs is 1. The highest BCUT2D eigenvalue weighted by atomic mass is 16.5. The van der Waals surface area contributed by atoms with E-state index in [0.29, 0.717) is 10.9 Å². The third-order valence-corrected chi connectivity index (χ3v) is 3.64. The fraction of sp³-hybridized carbons (Fsp3) is 0.250. The standard InChI is InChI=1S/C16H16O4/c1-8-5-6-11-12(7-8)9(2)10(3)13(16(19)20-4)14(11)15(17)18/h5-7H,1-4H3,(H,17,18). The second kappa shape index (κ2) is 4.96. The molecule has 1 N–H and O–H groups in total. The number of esters is 1. The number of carboxylic acids is 1. The number of carbonyl (C=O) groups is 2. The molecule has 2 rings (SSSR count). The van der Waals surface area contributed by atoms with Crippen molar-refractivity contribution in [2.75, 3.05) is 7.11 Å². The first-order valence-electron chi connectivity index (χ1n) is 6.23. The summed E-state index contributed by atoms with van der Waals surface area (Å²) in [7, 11) is 1.25. The van der Waals surface area contributed by atoms with E-state index < -0.39 is 11.9 Å². The SMILES string of the molecule is COC(=O)c1c(C)c(C)c2cc(C)ccc2c1C(=O)O. The smallest absolute Gasteiger partial charge is 0.339 e. The van der Waals surface area contributed by atoms with Gasteiger partial charge in [0.2, 0.25) is 0 Å². The van der Waals surface area contributed by atoms with E-state index in [2.05, 4.69) is 0 Å². The molecule has 0 unspecified atom stereocenters. The zero-order valence-electron chi connectivity index (χ0n) is 11.9. The molecule has 0 saturated heterocycles. The van der Waals surface area contributed by atoms with Crippen molar-refractivity contribution in [3.8, 4) is 0 Å². The Bertz CT molecular complexity index is 729. The van der Waals surface area contributed by atoms with Crippen molar-refractivity contribution in [2.45, 2.75) is 20.8 Å². The molecule has 0 atom stereocenters. The molecular weight excluding hydrogens is 256 g/mol. The van der Waals surface area contributed by atoms with Gasteiger partial charge in [-0.1, -0.05) is 23.8 Å². The molecule has 0 aliphatic carbocycles. The molecule has 0 heterocycles. The molecule has 0 saturated carbocycles. The topological polar surface area (TPSA) is 63.6 Å². The van der Waals surface area contributed by atoms with Crippen LogP contribution >= 0.6 is 0 Å². The lowest BCUT2D eigenvalue weighted by Gasteiger charge is -2.15. The fourth-order valence-corrected chi connectivity index (χ4v) is 2.48. The number of rotatable bonds is 2. The summed E-state index contributed by atoms with van der Waals surface area (Å²) in [6, 6.07) is 5.52. The molecule has 0 radical (unpaired) electrons. The van der Waals surface area contributed by atoms with Crippen molar-refractivity contribution in [3.63, 3.8) is 0 Å². The zero-order valence-corrected chi connectivity index (χ0v) is 11.9. The highest BCUT2D eigenvalue weighted by molar-refractivity contribution is 6.14. The summed E-state index contributed by atoms with van der Waals surface area (Å²) >= 11 is 0. The Morgan fingerprint density at radius 2 is 1.65 bits per heavy atom. The molecule has 4 nitrogen and oxygen atoms in total. The summed E-state index contributed by atoms with van der Waals surface area (Å²) in [5.74, 6) is -1.74. The number of aryl methyl sites for hydroxylation is 2. The minimum atomic E-state index is -1.12. The van der Waals surface area contributed by atoms with Gasteiger partial charge in [-0.25, -0.2) is 9.59 Å². The molecular formula is C16H16O4. The summed E-state index contributed by atoms with van der Waals surface area (Å²) in [6.07, 6.45) is 0. The maximum atomic E-state index is 11.9. The van der Waals surface area contributed by atoms with Crippen LogP contribution in [0.5, 0.6) is 0 Å². The molecule has 0 bridgehead atoms. The monoisotopic (exact) mass is 272 g/mol. The largest absolute Gasteiger partial charge is 0.478 e. The number of ether oxygens (including phenoxy) is 1. The molecule has 20 heavy (non-hydrogen) atoms. The van der Waals surface area contributed by atoms with E-state index >= 15 is 0 Å². The van der Waals surface area contributed by atoms with Crippen LogP contribution < -0.4 is 0 Å². The van der Waals surface area contributed by atoms with Crippen LogP contribution in [0.4, 0.5) is 0 Å². The Morgan fingerprint density at radius 3 is 2.20 bits per heavy atom. The number of methoxy groups -OCH3 is 1. The van der Waals surface area contributed by atoms with Gasteiger partial charge in [-0.3, -0.25) is 0 Å². The van der Waals surface area contributed by atoms with Crippen LogP contribution in [0.25, 0.3) is 10.8 Å². The summed E-state index contributed by atoms with van der Waals surface area (Å²) in [5, 5.41) is 10.9. The van der Waals surface area contributed by atoms with Gasteiger partial charge in [0.1, 0.15) is 0 Å². The van der Waals surface area contributed by atoms with E-state index in [9.17, 15) is 14.7 Å². The molecule has 2 aromatic carbocycles. The van der Waals surface area contributed by atoms with Crippen molar-refractivity contribution in [1.82, 2.24) is 0 Å². The summed E-state index contributed by atoms with van der Waals surface area (Å²) in [6.45, 7) is 5.58. The number of hydrogen-bond acceptors (Lipinski definition) is 3. The van der Waals surface area contributed by atoms with E-state index in [4.69, 9.17) is 4.74 Å². The van der Waals surface area contributed by atoms with Gasteiger partial charge in [-0.05, 0) is 42.7 Å². The average Bonchev–Trinajstić information content (AvgIpc) is 2.41. The van der Waals surface area contributed by atoms with Crippen LogP contribution in [-0.2, 0) is 4.74 Å².